The molecule has 1 aromatic heterocycles. The fourth-order valence-corrected chi connectivity index (χ4v) is 1.34. The van der Waals surface area contributed by atoms with Crippen molar-refractivity contribution in [2.75, 3.05) is 18.6 Å². The molecule has 2 heterocycles. The van der Waals surface area contributed by atoms with Crippen LogP contribution < -0.4 is 9.64 Å². The Balaban J connectivity index is 2.47. The second-order valence-electron chi connectivity index (χ2n) is 3.34. The normalized spacial score (nSPS) is 14.5. The lowest BCUT2D eigenvalue weighted by molar-refractivity contribution is -0.121. The minimum Gasteiger partial charge on any atom is -0.480 e. The van der Waals surface area contributed by atoms with Crippen molar-refractivity contribution in [1.29, 1.82) is 0 Å². The van der Waals surface area contributed by atoms with Gasteiger partial charge >= 0.3 is 0 Å². The Labute approximate surface area is 86.7 Å². The van der Waals surface area contributed by atoms with Gasteiger partial charge in [0.25, 0.3) is 5.91 Å². The molecule has 5 heteroatoms. The Hall–Kier alpha value is -1.91. The molecule has 0 aromatic carbocycles. The zero-order valence-electron chi connectivity index (χ0n) is 8.48. The fraction of sp³-hybridized carbons (Fsp3) is 0.300. The van der Waals surface area contributed by atoms with E-state index in [0.717, 1.165) is 0 Å². The number of anilines is 1. The summed E-state index contributed by atoms with van der Waals surface area (Å²) in [5.41, 5.74) is 0.483. The third kappa shape index (κ3) is 1.56. The number of likely N-dealkylation sites (N-methyl/N-ethyl adjacent to an activating group) is 1. The van der Waals surface area contributed by atoms with Crippen molar-refractivity contribution in [2.24, 2.45) is 0 Å². The number of ether oxygens (including phenoxy) is 1. The standard InChI is InChI=1S/C10H10N2O3/c1-6(13)7-3-8-10(11-4-7)12(2)9(14)5-15-8/h3-4H,5H2,1-2H3. The first-order valence-electron chi connectivity index (χ1n) is 4.50. The van der Waals surface area contributed by atoms with Crippen LogP contribution in [0.5, 0.6) is 5.75 Å². The molecule has 0 N–H and O–H groups in total. The molecule has 1 aromatic rings. The molecule has 0 saturated carbocycles. The predicted molar refractivity (Wildman–Crippen MR) is 53.1 cm³/mol. The van der Waals surface area contributed by atoms with Gasteiger partial charge in [0.2, 0.25) is 0 Å². The van der Waals surface area contributed by atoms with E-state index in [9.17, 15) is 9.59 Å². The van der Waals surface area contributed by atoms with Crippen molar-refractivity contribution < 1.29 is 14.3 Å². The van der Waals surface area contributed by atoms with E-state index in [1.54, 1.807) is 13.1 Å². The Kier molecular flexibility index (Phi) is 2.15. The number of pyridine rings is 1. The first kappa shape index (κ1) is 9.64. The molecule has 5 nitrogen and oxygen atoms in total. The highest BCUT2D eigenvalue weighted by molar-refractivity contribution is 5.98. The number of fused-ring (bicyclic) bond motifs is 1. The van der Waals surface area contributed by atoms with Crippen LogP contribution in [0.4, 0.5) is 5.82 Å². The average molecular weight is 206 g/mol. The van der Waals surface area contributed by atoms with Crippen LogP contribution in [0.1, 0.15) is 17.3 Å². The molecular formula is C10H10N2O3. The number of hydrogen-bond donors (Lipinski definition) is 0. The summed E-state index contributed by atoms with van der Waals surface area (Å²) in [6.45, 7) is 1.45. The van der Waals surface area contributed by atoms with Crippen LogP contribution in [0.25, 0.3) is 0 Å². The summed E-state index contributed by atoms with van der Waals surface area (Å²) in [5, 5.41) is 0. The molecule has 0 radical (unpaired) electrons. The number of carbonyl (C=O) groups excluding carboxylic acids is 2. The Morgan fingerprint density at radius 3 is 3.00 bits per heavy atom. The van der Waals surface area contributed by atoms with Gasteiger partial charge in [-0.3, -0.25) is 14.5 Å². The molecule has 0 fully saturated rings. The second-order valence-corrected chi connectivity index (χ2v) is 3.34. The monoisotopic (exact) mass is 206 g/mol. The first-order chi connectivity index (χ1) is 7.09. The molecule has 0 saturated heterocycles. The fourth-order valence-electron chi connectivity index (χ4n) is 1.34. The van der Waals surface area contributed by atoms with Crippen molar-refractivity contribution in [3.63, 3.8) is 0 Å². The molecule has 0 spiro atoms. The number of ketones is 1. The molecule has 1 aliphatic heterocycles. The van der Waals surface area contributed by atoms with Gasteiger partial charge in [-0.1, -0.05) is 0 Å². The van der Waals surface area contributed by atoms with E-state index >= 15 is 0 Å². The molecule has 1 amide bonds. The van der Waals surface area contributed by atoms with Gasteiger partial charge in [0, 0.05) is 18.8 Å². The van der Waals surface area contributed by atoms with Gasteiger partial charge in [0.1, 0.15) is 0 Å². The molecule has 78 valence electrons. The largest absolute Gasteiger partial charge is 0.480 e. The van der Waals surface area contributed by atoms with E-state index in [2.05, 4.69) is 4.98 Å². The topological polar surface area (TPSA) is 59.5 Å². The van der Waals surface area contributed by atoms with E-state index in [4.69, 9.17) is 4.74 Å². The molecule has 15 heavy (non-hydrogen) atoms. The highest BCUT2D eigenvalue weighted by atomic mass is 16.5. The maximum absolute atomic E-state index is 11.3. The quantitative estimate of drug-likeness (QED) is 0.632. The minimum atomic E-state index is -0.148. The van der Waals surface area contributed by atoms with E-state index in [-0.39, 0.29) is 18.3 Å². The van der Waals surface area contributed by atoms with Gasteiger partial charge in [-0.25, -0.2) is 4.98 Å². The third-order valence-electron chi connectivity index (χ3n) is 2.28. The third-order valence-corrected chi connectivity index (χ3v) is 2.28. The smallest absolute Gasteiger partial charge is 0.265 e. The summed E-state index contributed by atoms with van der Waals surface area (Å²) in [6, 6.07) is 1.60. The Bertz CT molecular complexity index is 442. The molecule has 1 aliphatic rings. The van der Waals surface area contributed by atoms with E-state index in [1.807, 2.05) is 0 Å². The number of nitrogens with zero attached hydrogens (tertiary/aromatic N) is 2. The van der Waals surface area contributed by atoms with Gasteiger partial charge in [0.05, 0.1) is 0 Å². The van der Waals surface area contributed by atoms with Crippen LogP contribution in [0.2, 0.25) is 0 Å². The van der Waals surface area contributed by atoms with Crippen molar-refractivity contribution >= 4 is 17.5 Å². The maximum Gasteiger partial charge on any atom is 0.265 e. The van der Waals surface area contributed by atoms with Crippen LogP contribution >= 0.6 is 0 Å². The number of Topliss-reactive ketones (excluding diaryl/α,β-unsaturated/α-hetero) is 1. The number of aromatic nitrogens is 1. The van der Waals surface area contributed by atoms with Crippen molar-refractivity contribution in [1.82, 2.24) is 4.98 Å². The zero-order valence-corrected chi connectivity index (χ0v) is 8.48. The van der Waals surface area contributed by atoms with Gasteiger partial charge in [-0.2, -0.15) is 0 Å². The summed E-state index contributed by atoms with van der Waals surface area (Å²) < 4.78 is 5.19. The molecule has 0 aliphatic carbocycles. The Morgan fingerprint density at radius 2 is 2.33 bits per heavy atom. The van der Waals surface area contributed by atoms with Gasteiger partial charge in [-0.15, -0.1) is 0 Å². The van der Waals surface area contributed by atoms with Crippen LogP contribution in [0, 0.1) is 0 Å². The lowest BCUT2D eigenvalue weighted by Crippen LogP contribution is -2.36. The van der Waals surface area contributed by atoms with Crippen LogP contribution in [-0.2, 0) is 4.79 Å². The zero-order chi connectivity index (χ0) is 11.0. The SMILES string of the molecule is CC(=O)c1cnc2c(c1)OCC(=O)N2C. The average Bonchev–Trinajstić information content (AvgIpc) is 2.23. The minimum absolute atomic E-state index is 0.00740. The Morgan fingerprint density at radius 1 is 1.60 bits per heavy atom. The van der Waals surface area contributed by atoms with E-state index in [1.165, 1.54) is 18.0 Å². The summed E-state index contributed by atoms with van der Waals surface area (Å²) in [4.78, 5) is 27.8. The highest BCUT2D eigenvalue weighted by Crippen LogP contribution is 2.29. The molecule has 0 atom stereocenters. The van der Waals surface area contributed by atoms with E-state index < -0.39 is 0 Å². The van der Waals surface area contributed by atoms with E-state index in [0.29, 0.717) is 17.1 Å². The molecular weight excluding hydrogens is 196 g/mol. The second kappa shape index (κ2) is 3.34. The lowest BCUT2D eigenvalue weighted by atomic mass is 10.2. The van der Waals surface area contributed by atoms with Crippen molar-refractivity contribution in [2.45, 2.75) is 6.92 Å². The number of hydrogen-bond acceptors (Lipinski definition) is 4. The van der Waals surface area contributed by atoms with Crippen LogP contribution in [0.3, 0.4) is 0 Å². The first-order valence-corrected chi connectivity index (χ1v) is 4.50. The summed E-state index contributed by atoms with van der Waals surface area (Å²) in [5.74, 6) is 0.708. The van der Waals surface area contributed by atoms with Crippen LogP contribution in [-0.4, -0.2) is 30.3 Å². The van der Waals surface area contributed by atoms with Crippen molar-refractivity contribution in [3.8, 4) is 5.75 Å². The van der Waals surface area contributed by atoms with Gasteiger partial charge in [-0.05, 0) is 13.0 Å². The van der Waals surface area contributed by atoms with Crippen molar-refractivity contribution in [3.05, 3.63) is 17.8 Å². The lowest BCUT2D eigenvalue weighted by Gasteiger charge is -2.24. The summed E-state index contributed by atoms with van der Waals surface area (Å²) >= 11 is 0. The number of rotatable bonds is 1. The maximum atomic E-state index is 11.3. The summed E-state index contributed by atoms with van der Waals surface area (Å²) in [7, 11) is 1.63. The van der Waals surface area contributed by atoms with Gasteiger partial charge < -0.3 is 4.74 Å². The van der Waals surface area contributed by atoms with Crippen LogP contribution in [0.15, 0.2) is 12.3 Å². The molecule has 0 unspecified atom stereocenters. The van der Waals surface area contributed by atoms with Gasteiger partial charge in [0.15, 0.2) is 24.0 Å². The molecule has 0 bridgehead atoms. The summed E-state index contributed by atoms with van der Waals surface area (Å²) in [6.07, 6.45) is 1.44. The predicted octanol–water partition coefficient (Wildman–Crippen LogP) is 0.639. The number of carbonyl (C=O) groups is 2. The number of amides is 1. The molecule has 2 rings (SSSR count). The highest BCUT2D eigenvalue weighted by Gasteiger charge is 2.24.